The lowest BCUT2D eigenvalue weighted by molar-refractivity contribution is -0.118. The van der Waals surface area contributed by atoms with E-state index in [4.69, 9.17) is 15.2 Å². The highest BCUT2D eigenvalue weighted by Gasteiger charge is 2.26. The molecule has 0 aromatic heterocycles. The van der Waals surface area contributed by atoms with E-state index in [0.29, 0.717) is 23.4 Å². The van der Waals surface area contributed by atoms with Gasteiger partial charge in [0, 0.05) is 29.2 Å². The fraction of sp³-hybridized carbons (Fsp3) is 0.364. The molecular weight excluding hydrogens is 436 g/mol. The van der Waals surface area contributed by atoms with E-state index in [-0.39, 0.29) is 18.2 Å². The maximum absolute atomic E-state index is 12.8. The Hall–Kier alpha value is -2.38. The number of halogens is 1. The molecule has 1 unspecified atom stereocenters. The average molecular weight is 461 g/mol. The molecule has 0 saturated heterocycles. The van der Waals surface area contributed by atoms with Crippen molar-refractivity contribution in [3.05, 3.63) is 58.1 Å². The average Bonchev–Trinajstić information content (AvgIpc) is 3.10. The van der Waals surface area contributed by atoms with Crippen molar-refractivity contribution < 1.29 is 19.1 Å². The number of carbonyl (C=O) groups is 2. The number of rotatable bonds is 6. The molecule has 0 bridgehead atoms. The molecule has 2 aromatic carbocycles. The summed E-state index contributed by atoms with van der Waals surface area (Å²) in [5.74, 6) is 0.572. The van der Waals surface area contributed by atoms with Crippen LogP contribution in [0.4, 0.5) is 10.5 Å². The van der Waals surface area contributed by atoms with Crippen molar-refractivity contribution in [1.29, 1.82) is 0 Å². The van der Waals surface area contributed by atoms with Crippen molar-refractivity contribution in [1.82, 2.24) is 0 Å². The van der Waals surface area contributed by atoms with E-state index in [1.165, 1.54) is 5.56 Å². The second-order valence-corrected chi connectivity index (χ2v) is 8.33. The van der Waals surface area contributed by atoms with Gasteiger partial charge in [-0.25, -0.2) is 4.79 Å². The lowest BCUT2D eigenvalue weighted by atomic mass is 10.0. The first kappa shape index (κ1) is 21.3. The van der Waals surface area contributed by atoms with Crippen LogP contribution in [0, 0.1) is 5.92 Å². The second kappa shape index (κ2) is 9.41. The van der Waals surface area contributed by atoms with Gasteiger partial charge in [0.25, 0.3) is 0 Å². The third-order valence-corrected chi connectivity index (χ3v) is 5.38. The van der Waals surface area contributed by atoms with Gasteiger partial charge in [-0.15, -0.1) is 0 Å². The van der Waals surface area contributed by atoms with E-state index in [0.717, 1.165) is 17.7 Å². The Labute approximate surface area is 179 Å². The highest BCUT2D eigenvalue weighted by molar-refractivity contribution is 9.10. The molecule has 6 nitrogen and oxygen atoms in total. The van der Waals surface area contributed by atoms with E-state index in [1.54, 1.807) is 23.1 Å². The minimum Gasteiger partial charge on any atom is -0.434 e. The zero-order valence-corrected chi connectivity index (χ0v) is 18.1. The topological polar surface area (TPSA) is 81.9 Å². The number of anilines is 1. The smallest absolute Gasteiger partial charge is 0.434 e. The van der Waals surface area contributed by atoms with Crippen LogP contribution in [0.15, 0.2) is 46.9 Å². The van der Waals surface area contributed by atoms with Crippen LogP contribution >= 0.6 is 15.9 Å². The molecule has 1 aliphatic heterocycles. The molecule has 1 aliphatic rings. The largest absolute Gasteiger partial charge is 0.513 e. The van der Waals surface area contributed by atoms with E-state index in [2.05, 4.69) is 15.9 Å². The summed E-state index contributed by atoms with van der Waals surface area (Å²) >= 11 is 3.46. The van der Waals surface area contributed by atoms with Crippen LogP contribution in [-0.2, 0) is 16.0 Å². The summed E-state index contributed by atoms with van der Waals surface area (Å²) in [7, 11) is 0. The molecule has 2 N–H and O–H groups in total. The molecule has 0 spiro atoms. The molecule has 154 valence electrons. The predicted octanol–water partition coefficient (Wildman–Crippen LogP) is 4.60. The number of hydrogen-bond donors (Lipinski definition) is 1. The van der Waals surface area contributed by atoms with Crippen molar-refractivity contribution in [2.24, 2.45) is 11.7 Å². The Balaban J connectivity index is 1.62. The highest BCUT2D eigenvalue weighted by atomic mass is 79.9. The molecule has 29 heavy (non-hydrogen) atoms. The molecule has 1 atom stereocenters. The second-order valence-electron chi connectivity index (χ2n) is 7.47. The summed E-state index contributed by atoms with van der Waals surface area (Å²) in [5.41, 5.74) is 9.23. The predicted molar refractivity (Wildman–Crippen MR) is 115 cm³/mol. The minimum atomic E-state index is -0.745. The van der Waals surface area contributed by atoms with Gasteiger partial charge in [0.15, 0.2) is 0 Å². The van der Waals surface area contributed by atoms with E-state index >= 15 is 0 Å². The molecule has 1 amide bonds. The van der Waals surface area contributed by atoms with Crippen LogP contribution in [0.5, 0.6) is 5.75 Å². The van der Waals surface area contributed by atoms with Gasteiger partial charge < -0.3 is 20.1 Å². The Morgan fingerprint density at radius 1 is 1.21 bits per heavy atom. The number of amides is 1. The first-order valence-corrected chi connectivity index (χ1v) is 10.4. The summed E-state index contributed by atoms with van der Waals surface area (Å²) in [5, 5.41) is 0. The molecule has 7 heteroatoms. The van der Waals surface area contributed by atoms with Gasteiger partial charge in [0.2, 0.25) is 5.91 Å². The fourth-order valence-electron chi connectivity index (χ4n) is 3.24. The van der Waals surface area contributed by atoms with Crippen LogP contribution in [0.3, 0.4) is 0 Å². The SMILES string of the molecule is CC(C)COC(=O)Oc1ccc(C(N)CC(=O)N2CCc3ccccc32)c(Br)c1. The number of benzene rings is 2. The summed E-state index contributed by atoms with van der Waals surface area (Å²) in [6.45, 7) is 4.87. The summed E-state index contributed by atoms with van der Waals surface area (Å²) in [6.07, 6.45) is 0.300. The number of ether oxygens (including phenoxy) is 2. The van der Waals surface area contributed by atoms with Crippen LogP contribution in [-0.4, -0.2) is 25.2 Å². The molecule has 0 fully saturated rings. The molecule has 1 heterocycles. The van der Waals surface area contributed by atoms with Crippen molar-refractivity contribution in [2.45, 2.75) is 32.7 Å². The first-order chi connectivity index (χ1) is 13.8. The Morgan fingerprint density at radius 3 is 2.69 bits per heavy atom. The molecule has 2 aromatic rings. The van der Waals surface area contributed by atoms with Crippen molar-refractivity contribution >= 4 is 33.7 Å². The van der Waals surface area contributed by atoms with Crippen LogP contribution in [0.2, 0.25) is 0 Å². The monoisotopic (exact) mass is 460 g/mol. The van der Waals surface area contributed by atoms with E-state index in [9.17, 15) is 9.59 Å². The van der Waals surface area contributed by atoms with Gasteiger partial charge >= 0.3 is 6.16 Å². The van der Waals surface area contributed by atoms with Crippen molar-refractivity contribution in [3.63, 3.8) is 0 Å². The Morgan fingerprint density at radius 2 is 1.97 bits per heavy atom. The minimum absolute atomic E-state index is 0.00746. The molecule has 0 saturated carbocycles. The molecular formula is C22H25BrN2O4. The molecule has 0 radical (unpaired) electrons. The summed E-state index contributed by atoms with van der Waals surface area (Å²) in [6, 6.07) is 12.5. The third-order valence-electron chi connectivity index (χ3n) is 4.69. The van der Waals surface area contributed by atoms with Gasteiger partial charge in [-0.2, -0.15) is 0 Å². The van der Waals surface area contributed by atoms with Gasteiger partial charge in [-0.1, -0.05) is 54.0 Å². The number of nitrogens with zero attached hydrogens (tertiary/aromatic N) is 1. The Bertz CT molecular complexity index is 900. The lowest BCUT2D eigenvalue weighted by Crippen LogP contribution is -2.31. The van der Waals surface area contributed by atoms with E-state index < -0.39 is 12.2 Å². The molecule has 0 aliphatic carbocycles. The Kier molecular flexibility index (Phi) is 6.92. The van der Waals surface area contributed by atoms with Gasteiger partial charge in [0.1, 0.15) is 5.75 Å². The van der Waals surface area contributed by atoms with E-state index in [1.807, 2.05) is 38.1 Å². The normalized spacial score (nSPS) is 13.9. The zero-order chi connectivity index (χ0) is 21.0. The fourth-order valence-corrected chi connectivity index (χ4v) is 3.89. The first-order valence-electron chi connectivity index (χ1n) is 9.63. The highest BCUT2D eigenvalue weighted by Crippen LogP contribution is 2.32. The van der Waals surface area contributed by atoms with Crippen molar-refractivity contribution in [3.8, 4) is 5.75 Å². The van der Waals surface area contributed by atoms with Crippen LogP contribution in [0.1, 0.15) is 37.4 Å². The van der Waals surface area contributed by atoms with Crippen LogP contribution < -0.4 is 15.4 Å². The standard InChI is InChI=1S/C22H25BrN2O4/c1-14(2)13-28-22(27)29-16-7-8-17(18(23)11-16)19(24)12-21(26)25-10-9-15-5-3-4-6-20(15)25/h3-8,11,14,19H,9-10,12-13,24H2,1-2H3. The number of nitrogens with two attached hydrogens (primary N) is 1. The number of hydrogen-bond acceptors (Lipinski definition) is 5. The molecule has 3 rings (SSSR count). The maximum atomic E-state index is 12.8. The van der Waals surface area contributed by atoms with Gasteiger partial charge in [0.05, 0.1) is 6.61 Å². The maximum Gasteiger partial charge on any atom is 0.513 e. The number of fused-ring (bicyclic) bond motifs is 1. The van der Waals surface area contributed by atoms with Crippen LogP contribution in [0.25, 0.3) is 0 Å². The lowest BCUT2D eigenvalue weighted by Gasteiger charge is -2.21. The number of carbonyl (C=O) groups excluding carboxylic acids is 2. The van der Waals surface area contributed by atoms with Gasteiger partial charge in [-0.3, -0.25) is 4.79 Å². The quantitative estimate of drug-likeness (QED) is 0.502. The summed E-state index contributed by atoms with van der Waals surface area (Å²) < 4.78 is 10.9. The van der Waals surface area contributed by atoms with Gasteiger partial charge in [-0.05, 0) is 41.7 Å². The number of para-hydroxylation sites is 1. The summed E-state index contributed by atoms with van der Waals surface area (Å²) in [4.78, 5) is 26.3. The van der Waals surface area contributed by atoms with Crippen molar-refractivity contribution in [2.75, 3.05) is 18.1 Å². The third kappa shape index (κ3) is 5.36. The zero-order valence-electron chi connectivity index (χ0n) is 16.6.